The largest absolute Gasteiger partial charge is 0.366 e. The molecule has 0 amide bonds. The third-order valence-corrected chi connectivity index (χ3v) is 5.24. The lowest BCUT2D eigenvalue weighted by Crippen LogP contribution is -2.43. The Morgan fingerprint density at radius 2 is 1.70 bits per heavy atom. The van der Waals surface area contributed by atoms with Crippen molar-refractivity contribution in [3.8, 4) is 5.69 Å². The molecule has 1 saturated heterocycles. The number of nitrogens with one attached hydrogen (secondary N) is 1. The van der Waals surface area contributed by atoms with Crippen LogP contribution in [0, 0.1) is 0 Å². The molecule has 4 rings (SSSR count). The summed E-state index contributed by atoms with van der Waals surface area (Å²) in [5, 5.41) is 8.24. The highest BCUT2D eigenvalue weighted by Gasteiger charge is 2.27. The third-order valence-electron chi connectivity index (χ3n) is 5.24. The summed E-state index contributed by atoms with van der Waals surface area (Å²) in [6.07, 6.45) is 8.80. The van der Waals surface area contributed by atoms with E-state index in [1.165, 1.54) is 49.2 Å². The van der Waals surface area contributed by atoms with Crippen molar-refractivity contribution in [2.45, 2.75) is 38.0 Å². The molecule has 1 aliphatic carbocycles. The van der Waals surface area contributed by atoms with Gasteiger partial charge < -0.3 is 10.2 Å². The van der Waals surface area contributed by atoms with Gasteiger partial charge in [-0.05, 0) is 25.0 Å². The summed E-state index contributed by atoms with van der Waals surface area (Å²) in [6.45, 7) is 4.31. The lowest BCUT2D eigenvalue weighted by molar-refractivity contribution is 0.429. The molecule has 1 N–H and O–H groups in total. The molecular formula is C19H26N4. The normalized spacial score (nSPS) is 19.9. The van der Waals surface area contributed by atoms with E-state index in [0.717, 1.165) is 26.2 Å². The van der Waals surface area contributed by atoms with Crippen LogP contribution in [0.1, 0.15) is 43.7 Å². The maximum absolute atomic E-state index is 4.79. The number of para-hydroxylation sites is 1. The van der Waals surface area contributed by atoms with E-state index in [9.17, 15) is 0 Å². The van der Waals surface area contributed by atoms with E-state index in [0.29, 0.717) is 5.92 Å². The Labute approximate surface area is 138 Å². The molecular weight excluding hydrogens is 284 g/mol. The highest BCUT2D eigenvalue weighted by Crippen LogP contribution is 2.39. The van der Waals surface area contributed by atoms with Gasteiger partial charge in [-0.2, -0.15) is 5.10 Å². The minimum atomic E-state index is 0.649. The van der Waals surface area contributed by atoms with Crippen molar-refractivity contribution >= 4 is 5.69 Å². The van der Waals surface area contributed by atoms with Gasteiger partial charge in [0.05, 0.1) is 23.3 Å². The van der Waals surface area contributed by atoms with Gasteiger partial charge in [0.1, 0.15) is 0 Å². The fourth-order valence-electron chi connectivity index (χ4n) is 4.03. The summed E-state index contributed by atoms with van der Waals surface area (Å²) in [5.74, 6) is 0.649. The van der Waals surface area contributed by atoms with Crippen LogP contribution in [0.15, 0.2) is 36.5 Å². The number of aromatic nitrogens is 2. The van der Waals surface area contributed by atoms with Crippen molar-refractivity contribution in [1.29, 1.82) is 0 Å². The number of hydrogen-bond acceptors (Lipinski definition) is 3. The minimum Gasteiger partial charge on any atom is -0.366 e. The second kappa shape index (κ2) is 6.75. The molecule has 2 heterocycles. The van der Waals surface area contributed by atoms with E-state index in [-0.39, 0.29) is 0 Å². The molecule has 23 heavy (non-hydrogen) atoms. The lowest BCUT2D eigenvalue weighted by atomic mass is 9.86. The summed E-state index contributed by atoms with van der Waals surface area (Å²) < 4.78 is 2.20. The molecule has 0 spiro atoms. The van der Waals surface area contributed by atoms with Crippen molar-refractivity contribution in [2.75, 3.05) is 31.1 Å². The van der Waals surface area contributed by atoms with Crippen LogP contribution in [0.3, 0.4) is 0 Å². The van der Waals surface area contributed by atoms with Crippen LogP contribution in [0.4, 0.5) is 5.69 Å². The average molecular weight is 310 g/mol. The topological polar surface area (TPSA) is 33.1 Å². The van der Waals surface area contributed by atoms with Gasteiger partial charge in [0.2, 0.25) is 0 Å². The maximum atomic E-state index is 4.79. The number of benzene rings is 1. The van der Waals surface area contributed by atoms with Crippen LogP contribution in [0.25, 0.3) is 5.69 Å². The van der Waals surface area contributed by atoms with Gasteiger partial charge in [-0.25, -0.2) is 4.68 Å². The second-order valence-electron chi connectivity index (χ2n) is 6.73. The smallest absolute Gasteiger partial charge is 0.0793 e. The van der Waals surface area contributed by atoms with Crippen LogP contribution in [-0.4, -0.2) is 36.0 Å². The highest BCUT2D eigenvalue weighted by atomic mass is 15.3. The molecule has 0 atom stereocenters. The first-order chi connectivity index (χ1) is 11.4. The van der Waals surface area contributed by atoms with Gasteiger partial charge in [-0.3, -0.25) is 0 Å². The van der Waals surface area contributed by atoms with Gasteiger partial charge in [0, 0.05) is 32.1 Å². The number of anilines is 1. The van der Waals surface area contributed by atoms with E-state index in [1.807, 2.05) is 0 Å². The Bertz CT molecular complexity index is 622. The average Bonchev–Trinajstić information content (AvgIpc) is 3.09. The molecule has 1 aliphatic heterocycles. The predicted octanol–water partition coefficient (Wildman–Crippen LogP) is 3.33. The SMILES string of the molecule is c1ccc(-n2ncc(N3CCNCC3)c2C2CCCCC2)cc1. The van der Waals surface area contributed by atoms with Crippen LogP contribution in [0.5, 0.6) is 0 Å². The van der Waals surface area contributed by atoms with E-state index in [2.05, 4.69) is 51.4 Å². The Balaban J connectivity index is 1.75. The highest BCUT2D eigenvalue weighted by molar-refractivity contribution is 5.54. The molecule has 4 nitrogen and oxygen atoms in total. The standard InChI is InChI=1S/C19H26N4/c1-3-7-16(8-4-1)19-18(22-13-11-20-12-14-22)15-21-23(19)17-9-5-2-6-10-17/h2,5-6,9-10,15-16,20H,1,3-4,7-8,11-14H2. The zero-order valence-corrected chi connectivity index (χ0v) is 13.7. The molecule has 1 aromatic heterocycles. The molecule has 0 bridgehead atoms. The lowest BCUT2D eigenvalue weighted by Gasteiger charge is -2.32. The molecule has 2 aliphatic rings. The third kappa shape index (κ3) is 3.00. The van der Waals surface area contributed by atoms with Crippen molar-refractivity contribution in [3.63, 3.8) is 0 Å². The maximum Gasteiger partial charge on any atom is 0.0793 e. The Morgan fingerprint density at radius 3 is 2.43 bits per heavy atom. The number of piperazine rings is 1. The summed E-state index contributed by atoms with van der Waals surface area (Å²) in [5.41, 5.74) is 3.99. The van der Waals surface area contributed by atoms with Crippen LogP contribution in [-0.2, 0) is 0 Å². The number of nitrogens with zero attached hydrogens (tertiary/aromatic N) is 3. The first-order valence-electron chi connectivity index (χ1n) is 9.02. The van der Waals surface area contributed by atoms with Crippen molar-refractivity contribution in [1.82, 2.24) is 15.1 Å². The Morgan fingerprint density at radius 1 is 0.957 bits per heavy atom. The van der Waals surface area contributed by atoms with Gasteiger partial charge in [-0.1, -0.05) is 37.5 Å². The van der Waals surface area contributed by atoms with Gasteiger partial charge in [-0.15, -0.1) is 0 Å². The quantitative estimate of drug-likeness (QED) is 0.944. The molecule has 1 aromatic carbocycles. The monoisotopic (exact) mass is 310 g/mol. The summed E-state index contributed by atoms with van der Waals surface area (Å²) >= 11 is 0. The zero-order valence-electron chi connectivity index (χ0n) is 13.7. The molecule has 1 saturated carbocycles. The van der Waals surface area contributed by atoms with E-state index >= 15 is 0 Å². The van der Waals surface area contributed by atoms with Gasteiger partial charge in [0.25, 0.3) is 0 Å². The first-order valence-corrected chi connectivity index (χ1v) is 9.02. The van der Waals surface area contributed by atoms with Crippen LogP contribution in [0.2, 0.25) is 0 Å². The van der Waals surface area contributed by atoms with Gasteiger partial charge in [0.15, 0.2) is 0 Å². The zero-order chi connectivity index (χ0) is 15.5. The summed E-state index contributed by atoms with van der Waals surface area (Å²) in [6, 6.07) is 10.6. The van der Waals surface area contributed by atoms with Gasteiger partial charge >= 0.3 is 0 Å². The van der Waals surface area contributed by atoms with E-state index < -0.39 is 0 Å². The summed E-state index contributed by atoms with van der Waals surface area (Å²) in [4.78, 5) is 2.52. The fourth-order valence-corrected chi connectivity index (χ4v) is 4.03. The van der Waals surface area contributed by atoms with Crippen molar-refractivity contribution < 1.29 is 0 Å². The number of rotatable bonds is 3. The van der Waals surface area contributed by atoms with E-state index in [1.54, 1.807) is 0 Å². The molecule has 0 radical (unpaired) electrons. The Hall–Kier alpha value is -1.81. The molecule has 0 unspecified atom stereocenters. The predicted molar refractivity (Wildman–Crippen MR) is 94.5 cm³/mol. The molecule has 122 valence electrons. The Kier molecular flexibility index (Phi) is 4.33. The second-order valence-corrected chi connectivity index (χ2v) is 6.73. The number of hydrogen-bond donors (Lipinski definition) is 1. The van der Waals surface area contributed by atoms with Crippen molar-refractivity contribution in [2.24, 2.45) is 0 Å². The summed E-state index contributed by atoms with van der Waals surface area (Å²) in [7, 11) is 0. The molecule has 4 heteroatoms. The first kappa shape index (κ1) is 14.8. The molecule has 2 aromatic rings. The van der Waals surface area contributed by atoms with E-state index in [4.69, 9.17) is 5.10 Å². The van der Waals surface area contributed by atoms with Crippen LogP contribution < -0.4 is 10.2 Å². The fraction of sp³-hybridized carbons (Fsp3) is 0.526. The molecule has 2 fully saturated rings. The van der Waals surface area contributed by atoms with Crippen LogP contribution >= 0.6 is 0 Å². The minimum absolute atomic E-state index is 0.649. The van der Waals surface area contributed by atoms with Crippen molar-refractivity contribution in [3.05, 3.63) is 42.2 Å².